The van der Waals surface area contributed by atoms with Crippen molar-refractivity contribution >= 4 is 32.7 Å². The Balaban J connectivity index is 1.71. The molecule has 32 heavy (non-hydrogen) atoms. The number of methoxy groups -OCH3 is 1. The van der Waals surface area contributed by atoms with Crippen molar-refractivity contribution in [3.05, 3.63) is 95.6 Å². The Morgan fingerprint density at radius 3 is 2.38 bits per heavy atom. The normalized spacial score (nSPS) is 11.0. The maximum Gasteiger partial charge on any atom is 0.337 e. The number of halogens is 1. The van der Waals surface area contributed by atoms with Gasteiger partial charge in [-0.1, -0.05) is 89.9 Å². The maximum atomic E-state index is 11.9. The van der Waals surface area contributed by atoms with Gasteiger partial charge in [-0.25, -0.2) is 4.79 Å². The quantitative estimate of drug-likeness (QED) is 0.194. The van der Waals surface area contributed by atoms with E-state index in [1.807, 2.05) is 18.2 Å². The first-order valence-electron chi connectivity index (χ1n) is 11.0. The molecule has 4 aromatic rings. The molecule has 0 saturated carbocycles. The molecule has 0 aliphatic rings. The van der Waals surface area contributed by atoms with Gasteiger partial charge in [0.05, 0.1) is 12.7 Å². The van der Waals surface area contributed by atoms with Gasteiger partial charge >= 0.3 is 5.97 Å². The number of esters is 1. The lowest BCUT2D eigenvalue weighted by molar-refractivity contribution is 0.0600. The van der Waals surface area contributed by atoms with Crippen LogP contribution in [0.25, 0.3) is 33.0 Å². The number of alkyl halides is 1. The molecule has 162 valence electrons. The van der Waals surface area contributed by atoms with Crippen molar-refractivity contribution in [3.63, 3.8) is 0 Å². The van der Waals surface area contributed by atoms with E-state index in [9.17, 15) is 4.79 Å². The number of carbonyl (C=O) groups excluding carboxylic acids is 1. The van der Waals surface area contributed by atoms with Gasteiger partial charge in [0, 0.05) is 5.33 Å². The predicted molar refractivity (Wildman–Crippen MR) is 137 cm³/mol. The number of hydrogen-bond donors (Lipinski definition) is 0. The third-order valence-corrected chi connectivity index (χ3v) is 6.55. The van der Waals surface area contributed by atoms with E-state index in [0.29, 0.717) is 10.9 Å². The molecule has 0 spiro atoms. The lowest BCUT2D eigenvalue weighted by atomic mass is 9.93. The molecule has 4 aromatic carbocycles. The molecule has 4 rings (SSSR count). The van der Waals surface area contributed by atoms with Crippen molar-refractivity contribution in [1.29, 1.82) is 0 Å². The second-order valence-corrected chi connectivity index (χ2v) is 8.60. The minimum atomic E-state index is -0.317. The molecule has 0 unspecified atom stereocenters. The number of carbonyl (C=O) groups is 1. The van der Waals surface area contributed by atoms with Crippen molar-refractivity contribution in [2.24, 2.45) is 0 Å². The van der Waals surface area contributed by atoms with E-state index in [1.54, 1.807) is 0 Å². The average Bonchev–Trinajstić information content (AvgIpc) is 2.86. The monoisotopic (exact) mass is 486 g/mol. The number of rotatable bonds is 7. The van der Waals surface area contributed by atoms with Gasteiger partial charge in [0.15, 0.2) is 0 Å². The van der Waals surface area contributed by atoms with E-state index in [2.05, 4.69) is 83.5 Å². The van der Waals surface area contributed by atoms with E-state index in [0.717, 1.165) is 23.1 Å². The summed E-state index contributed by atoms with van der Waals surface area (Å²) in [6, 6.07) is 27.8. The molecule has 0 aromatic heterocycles. The van der Waals surface area contributed by atoms with Crippen LogP contribution in [0.4, 0.5) is 0 Å². The van der Waals surface area contributed by atoms with Gasteiger partial charge in [-0.2, -0.15) is 0 Å². The number of unbranched alkanes of at least 4 members (excludes halogenated alkanes) is 1. The molecule has 0 saturated heterocycles. The largest absolute Gasteiger partial charge is 0.465 e. The summed E-state index contributed by atoms with van der Waals surface area (Å²) in [5.41, 5.74) is 7.76. The first-order chi connectivity index (χ1) is 15.6. The fourth-order valence-electron chi connectivity index (χ4n) is 4.17. The standard InChI is InChI=1S/C29H27BrO2/c1-3-4-6-20-9-11-21(12-10-20)27-8-5-7-22-17-23(13-16-28(22)27)26-15-14-24(29(31)32-2)18-25(26)19-30/h5,7-18H,3-4,6,19H2,1-2H3. The second-order valence-electron chi connectivity index (χ2n) is 8.04. The Hall–Kier alpha value is -2.91. The predicted octanol–water partition coefficient (Wildman–Crippen LogP) is 8.20. The minimum Gasteiger partial charge on any atom is -0.465 e. The second kappa shape index (κ2) is 10.1. The van der Waals surface area contributed by atoms with Crippen molar-refractivity contribution in [2.75, 3.05) is 7.11 Å². The van der Waals surface area contributed by atoms with Crippen molar-refractivity contribution in [2.45, 2.75) is 31.5 Å². The molecule has 0 aliphatic carbocycles. The molecule has 0 bridgehead atoms. The molecule has 0 atom stereocenters. The van der Waals surface area contributed by atoms with E-state index in [1.165, 1.54) is 47.4 Å². The van der Waals surface area contributed by atoms with Crippen LogP contribution in [0.3, 0.4) is 0 Å². The number of hydrogen-bond acceptors (Lipinski definition) is 2. The number of fused-ring (bicyclic) bond motifs is 1. The van der Waals surface area contributed by atoms with Gasteiger partial charge < -0.3 is 4.74 Å². The SMILES string of the molecule is CCCCc1ccc(-c2cccc3cc(-c4ccc(C(=O)OC)cc4CBr)ccc23)cc1. The molecule has 3 heteroatoms. The van der Waals surface area contributed by atoms with Crippen LogP contribution in [0, 0.1) is 0 Å². The van der Waals surface area contributed by atoms with E-state index in [-0.39, 0.29) is 5.97 Å². The number of aryl methyl sites for hydroxylation is 1. The summed E-state index contributed by atoms with van der Waals surface area (Å²) in [5, 5.41) is 3.10. The maximum absolute atomic E-state index is 11.9. The minimum absolute atomic E-state index is 0.317. The highest BCUT2D eigenvalue weighted by atomic mass is 79.9. The molecule has 2 nitrogen and oxygen atoms in total. The Morgan fingerprint density at radius 1 is 0.875 bits per heavy atom. The lowest BCUT2D eigenvalue weighted by Crippen LogP contribution is -2.02. The smallest absolute Gasteiger partial charge is 0.337 e. The molecule has 0 amide bonds. The van der Waals surface area contributed by atoms with Gasteiger partial charge in [-0.3, -0.25) is 0 Å². The summed E-state index contributed by atoms with van der Waals surface area (Å²) in [7, 11) is 1.41. The lowest BCUT2D eigenvalue weighted by Gasteiger charge is -2.13. The van der Waals surface area contributed by atoms with Crippen LogP contribution in [0.2, 0.25) is 0 Å². The summed E-state index contributed by atoms with van der Waals surface area (Å²) in [6.45, 7) is 2.23. The van der Waals surface area contributed by atoms with Gasteiger partial charge in [0.2, 0.25) is 0 Å². The molecule has 0 N–H and O–H groups in total. The van der Waals surface area contributed by atoms with Crippen LogP contribution >= 0.6 is 15.9 Å². The highest BCUT2D eigenvalue weighted by Gasteiger charge is 2.12. The zero-order chi connectivity index (χ0) is 22.5. The van der Waals surface area contributed by atoms with Gasteiger partial charge in [0.1, 0.15) is 0 Å². The average molecular weight is 487 g/mol. The molecule has 0 radical (unpaired) electrons. The van der Waals surface area contributed by atoms with Gasteiger partial charge in [-0.05, 0) is 75.2 Å². The highest BCUT2D eigenvalue weighted by molar-refractivity contribution is 9.08. The van der Waals surface area contributed by atoms with Crippen molar-refractivity contribution in [3.8, 4) is 22.3 Å². The third-order valence-electron chi connectivity index (χ3n) is 5.95. The van der Waals surface area contributed by atoms with E-state index < -0.39 is 0 Å². The zero-order valence-electron chi connectivity index (χ0n) is 18.5. The van der Waals surface area contributed by atoms with Crippen LogP contribution < -0.4 is 0 Å². The summed E-state index contributed by atoms with van der Waals surface area (Å²) in [6.07, 6.45) is 3.59. The molecule has 0 fully saturated rings. The Morgan fingerprint density at radius 2 is 1.66 bits per heavy atom. The van der Waals surface area contributed by atoms with Crippen LogP contribution in [-0.4, -0.2) is 13.1 Å². The fraction of sp³-hybridized carbons (Fsp3) is 0.207. The highest BCUT2D eigenvalue weighted by Crippen LogP contribution is 2.34. The Bertz CT molecular complexity index is 1240. The first-order valence-corrected chi connectivity index (χ1v) is 12.2. The number of ether oxygens (including phenoxy) is 1. The van der Waals surface area contributed by atoms with Gasteiger partial charge in [-0.15, -0.1) is 0 Å². The Labute approximate surface area is 198 Å². The molecule has 0 heterocycles. The fourth-order valence-corrected chi connectivity index (χ4v) is 4.63. The van der Waals surface area contributed by atoms with Crippen molar-refractivity contribution in [1.82, 2.24) is 0 Å². The summed E-state index contributed by atoms with van der Waals surface area (Å²) < 4.78 is 4.87. The van der Waals surface area contributed by atoms with Crippen molar-refractivity contribution < 1.29 is 9.53 Å². The first kappa shape index (κ1) is 22.3. The summed E-state index contributed by atoms with van der Waals surface area (Å²) >= 11 is 3.57. The topological polar surface area (TPSA) is 26.3 Å². The van der Waals surface area contributed by atoms with E-state index >= 15 is 0 Å². The van der Waals surface area contributed by atoms with Crippen LogP contribution in [0.5, 0.6) is 0 Å². The van der Waals surface area contributed by atoms with Gasteiger partial charge in [0.25, 0.3) is 0 Å². The Kier molecular flexibility index (Phi) is 7.06. The zero-order valence-corrected chi connectivity index (χ0v) is 20.1. The molecular formula is C29H27BrO2. The van der Waals surface area contributed by atoms with Crippen LogP contribution in [0.15, 0.2) is 78.9 Å². The number of benzene rings is 4. The van der Waals surface area contributed by atoms with Crippen LogP contribution in [-0.2, 0) is 16.5 Å². The summed E-state index contributed by atoms with van der Waals surface area (Å²) in [4.78, 5) is 11.9. The summed E-state index contributed by atoms with van der Waals surface area (Å²) in [5.74, 6) is -0.317. The molecular weight excluding hydrogens is 460 g/mol. The molecule has 0 aliphatic heterocycles. The van der Waals surface area contributed by atoms with E-state index in [4.69, 9.17) is 4.74 Å². The third kappa shape index (κ3) is 4.63. The van der Waals surface area contributed by atoms with Crippen LogP contribution in [0.1, 0.15) is 41.3 Å².